The zero-order valence-corrected chi connectivity index (χ0v) is 14.6. The second-order valence-electron chi connectivity index (χ2n) is 5.62. The van der Waals surface area contributed by atoms with E-state index in [1.807, 2.05) is 25.4 Å². The van der Waals surface area contributed by atoms with Gasteiger partial charge in [0.15, 0.2) is 5.78 Å². The first-order valence-corrected chi connectivity index (χ1v) is 8.69. The number of aromatic nitrogens is 1. The molecule has 0 N–H and O–H groups in total. The van der Waals surface area contributed by atoms with Gasteiger partial charge in [-0.1, -0.05) is 25.8 Å². The molecule has 5 heteroatoms. The number of hydrogen-bond acceptors (Lipinski definition) is 4. The van der Waals surface area contributed by atoms with Crippen LogP contribution in [-0.2, 0) is 0 Å². The van der Waals surface area contributed by atoms with E-state index in [9.17, 15) is 9.59 Å². The highest BCUT2D eigenvalue weighted by atomic mass is 32.1. The zero-order valence-electron chi connectivity index (χ0n) is 13.8. The average Bonchev–Trinajstić information content (AvgIpc) is 3.05. The summed E-state index contributed by atoms with van der Waals surface area (Å²) in [6.07, 6.45) is 6.57. The summed E-state index contributed by atoms with van der Waals surface area (Å²) < 4.78 is 0. The maximum absolute atomic E-state index is 12.8. The van der Waals surface area contributed by atoms with Gasteiger partial charge in [-0.05, 0) is 31.0 Å². The van der Waals surface area contributed by atoms with E-state index in [1.54, 1.807) is 22.5 Å². The highest BCUT2D eigenvalue weighted by Gasteiger charge is 2.23. The standard InChI is InChI=1S/C18H22N2O2S/c1-4-5-8-16(14-7-6-9-19-11-14)20(3)18(22)15-10-17(13(2)21)23-12-15/h6-7,9-12,16H,4-5,8H2,1-3H3/t16-/m0/s1. The maximum Gasteiger partial charge on any atom is 0.254 e. The lowest BCUT2D eigenvalue weighted by atomic mass is 10.0. The number of ketones is 1. The summed E-state index contributed by atoms with van der Waals surface area (Å²) in [4.78, 5) is 30.7. The molecule has 0 unspecified atom stereocenters. The van der Waals surface area contributed by atoms with Crippen molar-refractivity contribution >= 4 is 23.0 Å². The van der Waals surface area contributed by atoms with E-state index in [0.717, 1.165) is 24.8 Å². The lowest BCUT2D eigenvalue weighted by Crippen LogP contribution is -2.31. The monoisotopic (exact) mass is 330 g/mol. The number of pyridine rings is 1. The minimum absolute atomic E-state index is 0.00294. The summed E-state index contributed by atoms with van der Waals surface area (Å²) in [5, 5.41) is 1.76. The van der Waals surface area contributed by atoms with Crippen molar-refractivity contribution in [2.75, 3.05) is 7.05 Å². The Labute approximate surface area is 141 Å². The molecule has 0 aliphatic carbocycles. The molecule has 2 heterocycles. The third-order valence-corrected chi connectivity index (χ3v) is 4.91. The molecule has 1 atom stereocenters. The van der Waals surface area contributed by atoms with Gasteiger partial charge in [0.05, 0.1) is 16.5 Å². The van der Waals surface area contributed by atoms with Crippen LogP contribution < -0.4 is 0 Å². The molecule has 0 aliphatic heterocycles. The Hall–Kier alpha value is -2.01. The SMILES string of the molecule is CCCC[C@@H](c1cccnc1)N(C)C(=O)c1csc(C(C)=O)c1. The van der Waals surface area contributed by atoms with E-state index in [0.29, 0.717) is 10.4 Å². The van der Waals surface area contributed by atoms with Crippen molar-refractivity contribution in [2.24, 2.45) is 0 Å². The molecule has 2 rings (SSSR count). The highest BCUT2D eigenvalue weighted by molar-refractivity contribution is 7.12. The molecule has 23 heavy (non-hydrogen) atoms. The van der Waals surface area contributed by atoms with Crippen LogP contribution in [0, 0.1) is 0 Å². The highest BCUT2D eigenvalue weighted by Crippen LogP contribution is 2.27. The van der Waals surface area contributed by atoms with Crippen molar-refractivity contribution in [1.29, 1.82) is 0 Å². The summed E-state index contributed by atoms with van der Waals surface area (Å²) in [7, 11) is 1.82. The molecule has 2 aromatic heterocycles. The number of Topliss-reactive ketones (excluding diaryl/α,β-unsaturated/α-hetero) is 1. The van der Waals surface area contributed by atoms with Crippen molar-refractivity contribution in [2.45, 2.75) is 39.2 Å². The third kappa shape index (κ3) is 4.26. The number of carbonyl (C=O) groups is 2. The first-order chi connectivity index (χ1) is 11.0. The molecule has 0 radical (unpaired) electrons. The van der Waals surface area contributed by atoms with E-state index in [2.05, 4.69) is 11.9 Å². The summed E-state index contributed by atoms with van der Waals surface area (Å²) in [6, 6.07) is 5.58. The van der Waals surface area contributed by atoms with Crippen LogP contribution in [0.5, 0.6) is 0 Å². The molecule has 0 aromatic carbocycles. The maximum atomic E-state index is 12.8. The van der Waals surface area contributed by atoms with Crippen LogP contribution in [0.3, 0.4) is 0 Å². The average molecular weight is 330 g/mol. The molecule has 0 bridgehead atoms. The van der Waals surface area contributed by atoms with Gasteiger partial charge < -0.3 is 4.90 Å². The molecule has 0 fully saturated rings. The molecule has 122 valence electrons. The topological polar surface area (TPSA) is 50.3 Å². The minimum atomic E-state index is -0.0568. The predicted molar refractivity (Wildman–Crippen MR) is 92.9 cm³/mol. The largest absolute Gasteiger partial charge is 0.335 e. The summed E-state index contributed by atoms with van der Waals surface area (Å²) >= 11 is 1.32. The van der Waals surface area contributed by atoms with Gasteiger partial charge in [-0.3, -0.25) is 14.6 Å². The quantitative estimate of drug-likeness (QED) is 0.709. The van der Waals surface area contributed by atoms with Crippen molar-refractivity contribution in [3.8, 4) is 0 Å². The smallest absolute Gasteiger partial charge is 0.254 e. The van der Waals surface area contributed by atoms with Gasteiger partial charge in [0, 0.05) is 24.8 Å². The molecule has 0 saturated heterocycles. The molecule has 2 aromatic rings. The number of amides is 1. The lowest BCUT2D eigenvalue weighted by molar-refractivity contribution is 0.0720. The number of rotatable bonds is 7. The predicted octanol–water partition coefficient (Wildman–Crippen LogP) is 4.35. The van der Waals surface area contributed by atoms with Crippen LogP contribution in [-0.4, -0.2) is 28.6 Å². The molecule has 0 aliphatic rings. The number of unbranched alkanes of at least 4 members (excludes halogenated alkanes) is 1. The van der Waals surface area contributed by atoms with Gasteiger partial charge in [0.25, 0.3) is 5.91 Å². The van der Waals surface area contributed by atoms with Gasteiger partial charge in [0.1, 0.15) is 0 Å². The molecular formula is C18H22N2O2S. The number of hydrogen-bond donors (Lipinski definition) is 0. The Morgan fingerprint density at radius 1 is 1.39 bits per heavy atom. The number of nitrogens with zero attached hydrogens (tertiary/aromatic N) is 2. The van der Waals surface area contributed by atoms with Crippen LogP contribution in [0.25, 0.3) is 0 Å². The van der Waals surface area contributed by atoms with Gasteiger partial charge >= 0.3 is 0 Å². The normalized spacial score (nSPS) is 12.0. The summed E-state index contributed by atoms with van der Waals surface area (Å²) in [5.41, 5.74) is 1.62. The van der Waals surface area contributed by atoms with Gasteiger partial charge in [-0.25, -0.2) is 0 Å². The number of carbonyl (C=O) groups excluding carboxylic acids is 2. The van der Waals surface area contributed by atoms with Crippen LogP contribution in [0.1, 0.15) is 64.7 Å². The second-order valence-corrected chi connectivity index (χ2v) is 6.53. The fourth-order valence-electron chi connectivity index (χ4n) is 2.53. The first-order valence-electron chi connectivity index (χ1n) is 7.81. The van der Waals surface area contributed by atoms with Crippen LogP contribution in [0.15, 0.2) is 36.0 Å². The summed E-state index contributed by atoms with van der Waals surface area (Å²) in [5.74, 6) is -0.0646. The van der Waals surface area contributed by atoms with Crippen LogP contribution in [0.2, 0.25) is 0 Å². The van der Waals surface area contributed by atoms with E-state index in [-0.39, 0.29) is 17.7 Å². The molecule has 0 spiro atoms. The van der Waals surface area contributed by atoms with Crippen molar-refractivity contribution in [1.82, 2.24) is 9.88 Å². The Bertz CT molecular complexity index is 667. The van der Waals surface area contributed by atoms with Crippen molar-refractivity contribution in [3.63, 3.8) is 0 Å². The Kier molecular flexibility index (Phi) is 6.04. The molecular weight excluding hydrogens is 308 g/mol. The lowest BCUT2D eigenvalue weighted by Gasteiger charge is -2.28. The first kappa shape index (κ1) is 17.3. The third-order valence-electron chi connectivity index (χ3n) is 3.88. The Morgan fingerprint density at radius 2 is 2.17 bits per heavy atom. The second kappa shape index (κ2) is 8.02. The molecule has 0 saturated carbocycles. The fourth-order valence-corrected chi connectivity index (χ4v) is 3.32. The molecule has 1 amide bonds. The van der Waals surface area contributed by atoms with E-state index >= 15 is 0 Å². The molecule has 4 nitrogen and oxygen atoms in total. The van der Waals surface area contributed by atoms with E-state index in [4.69, 9.17) is 0 Å². The Morgan fingerprint density at radius 3 is 2.74 bits per heavy atom. The van der Waals surface area contributed by atoms with Gasteiger partial charge in [-0.15, -0.1) is 11.3 Å². The van der Waals surface area contributed by atoms with Gasteiger partial charge in [-0.2, -0.15) is 0 Å². The summed E-state index contributed by atoms with van der Waals surface area (Å²) in [6.45, 7) is 3.66. The Balaban J connectivity index is 2.23. The van der Waals surface area contributed by atoms with Crippen LogP contribution in [0.4, 0.5) is 0 Å². The van der Waals surface area contributed by atoms with Crippen LogP contribution >= 0.6 is 11.3 Å². The number of thiophene rings is 1. The van der Waals surface area contributed by atoms with Gasteiger partial charge in [0.2, 0.25) is 0 Å². The van der Waals surface area contributed by atoms with Crippen molar-refractivity contribution in [3.05, 3.63) is 52.0 Å². The fraction of sp³-hybridized carbons (Fsp3) is 0.389. The minimum Gasteiger partial charge on any atom is -0.335 e. The van der Waals surface area contributed by atoms with E-state index < -0.39 is 0 Å². The van der Waals surface area contributed by atoms with Crippen molar-refractivity contribution < 1.29 is 9.59 Å². The van der Waals surface area contributed by atoms with E-state index in [1.165, 1.54) is 18.3 Å². The zero-order chi connectivity index (χ0) is 16.8.